The maximum absolute atomic E-state index is 10.4. The summed E-state index contributed by atoms with van der Waals surface area (Å²) in [7, 11) is 2.11. The third kappa shape index (κ3) is 7.10. The van der Waals surface area contributed by atoms with Gasteiger partial charge in [0, 0.05) is 19.2 Å². The van der Waals surface area contributed by atoms with Crippen LogP contribution in [0, 0.1) is 22.0 Å². The maximum Gasteiger partial charge on any atom is 0.234 e. The highest BCUT2D eigenvalue weighted by Gasteiger charge is 2.25. The monoisotopic (exact) mass is 318 g/mol. The van der Waals surface area contributed by atoms with E-state index in [-0.39, 0.29) is 6.04 Å². The van der Waals surface area contributed by atoms with Crippen LogP contribution >= 0.6 is 11.8 Å². The van der Waals surface area contributed by atoms with Gasteiger partial charge >= 0.3 is 0 Å². The summed E-state index contributed by atoms with van der Waals surface area (Å²) >= 11 is 1.25. The first-order valence-corrected chi connectivity index (χ1v) is 8.44. The molecule has 0 bridgehead atoms. The standard InChI is InChI=1S/C13H26N4O3S/c1-10-8-20-9-12(10)7-16(3)6-5-11(2)14-13(21-4)15-17(18)19/h10-12H,5-9H2,1-4H3,(H,14,15). The molecule has 0 amide bonds. The van der Waals surface area contributed by atoms with Crippen LogP contribution in [-0.2, 0) is 4.74 Å². The minimum Gasteiger partial charge on any atom is -0.381 e. The second-order valence-electron chi connectivity index (χ2n) is 5.72. The number of ether oxygens (including phenoxy) is 1. The fourth-order valence-corrected chi connectivity index (χ4v) is 2.80. The molecular weight excluding hydrogens is 292 g/mol. The van der Waals surface area contributed by atoms with E-state index in [0.29, 0.717) is 17.0 Å². The number of amidine groups is 1. The molecule has 0 aliphatic carbocycles. The summed E-state index contributed by atoms with van der Waals surface area (Å²) in [4.78, 5) is 12.7. The molecule has 1 aliphatic heterocycles. The van der Waals surface area contributed by atoms with Crippen molar-refractivity contribution in [3.63, 3.8) is 0 Å². The lowest BCUT2D eigenvalue weighted by atomic mass is 9.97. The van der Waals surface area contributed by atoms with Crippen molar-refractivity contribution in [3.05, 3.63) is 10.1 Å². The summed E-state index contributed by atoms with van der Waals surface area (Å²) in [6.07, 6.45) is 2.69. The fourth-order valence-electron chi connectivity index (χ4n) is 2.33. The Labute approximate surface area is 130 Å². The van der Waals surface area contributed by atoms with Crippen LogP contribution < -0.4 is 5.32 Å². The van der Waals surface area contributed by atoms with Crippen LogP contribution in [0.5, 0.6) is 0 Å². The van der Waals surface area contributed by atoms with E-state index in [9.17, 15) is 10.1 Å². The number of rotatable bonds is 7. The Balaban J connectivity index is 2.28. The van der Waals surface area contributed by atoms with Gasteiger partial charge < -0.3 is 15.0 Å². The second kappa shape index (κ2) is 9.22. The summed E-state index contributed by atoms with van der Waals surface area (Å²) in [5, 5.41) is 16.5. The van der Waals surface area contributed by atoms with Crippen molar-refractivity contribution in [2.75, 3.05) is 39.6 Å². The predicted molar refractivity (Wildman–Crippen MR) is 86.1 cm³/mol. The van der Waals surface area contributed by atoms with Gasteiger partial charge in [-0.15, -0.1) is 0 Å². The molecule has 1 rings (SSSR count). The van der Waals surface area contributed by atoms with Crippen LogP contribution in [0.3, 0.4) is 0 Å². The molecule has 1 N–H and O–H groups in total. The topological polar surface area (TPSA) is 80.0 Å². The highest BCUT2D eigenvalue weighted by atomic mass is 32.2. The van der Waals surface area contributed by atoms with E-state index >= 15 is 0 Å². The molecular formula is C13H26N4O3S. The van der Waals surface area contributed by atoms with Gasteiger partial charge in [0.15, 0.2) is 5.03 Å². The third-order valence-electron chi connectivity index (χ3n) is 3.74. The van der Waals surface area contributed by atoms with Crippen molar-refractivity contribution >= 4 is 16.9 Å². The fraction of sp³-hybridized carbons (Fsp3) is 0.923. The van der Waals surface area contributed by atoms with Gasteiger partial charge in [0.05, 0.1) is 11.7 Å². The molecule has 122 valence electrons. The lowest BCUT2D eigenvalue weighted by Gasteiger charge is -2.24. The summed E-state index contributed by atoms with van der Waals surface area (Å²) in [6, 6.07) is 0.149. The average Bonchev–Trinajstić information content (AvgIpc) is 2.80. The normalized spacial score (nSPS) is 24.3. The van der Waals surface area contributed by atoms with E-state index in [0.717, 1.165) is 32.7 Å². The molecule has 0 aromatic rings. The van der Waals surface area contributed by atoms with Gasteiger partial charge in [-0.2, -0.15) is 0 Å². The molecule has 1 heterocycles. The first kappa shape index (κ1) is 18.2. The van der Waals surface area contributed by atoms with Crippen LogP contribution in [0.15, 0.2) is 5.10 Å². The van der Waals surface area contributed by atoms with Crippen LogP contribution in [-0.4, -0.2) is 60.7 Å². The second-order valence-corrected chi connectivity index (χ2v) is 6.51. The number of thioether (sulfide) groups is 1. The molecule has 0 aromatic carbocycles. The first-order chi connectivity index (χ1) is 9.92. The minimum absolute atomic E-state index is 0.149. The largest absolute Gasteiger partial charge is 0.381 e. The number of nitrogens with one attached hydrogen (secondary N) is 1. The molecule has 0 radical (unpaired) electrons. The zero-order valence-corrected chi connectivity index (χ0v) is 14.1. The molecule has 3 unspecified atom stereocenters. The van der Waals surface area contributed by atoms with Gasteiger partial charge in [-0.3, -0.25) is 0 Å². The predicted octanol–water partition coefficient (Wildman–Crippen LogP) is 1.48. The van der Waals surface area contributed by atoms with E-state index in [4.69, 9.17) is 4.74 Å². The third-order valence-corrected chi connectivity index (χ3v) is 4.33. The maximum atomic E-state index is 10.4. The van der Waals surface area contributed by atoms with E-state index in [1.54, 1.807) is 6.26 Å². The number of nitrogens with zero attached hydrogens (tertiary/aromatic N) is 3. The lowest BCUT2D eigenvalue weighted by molar-refractivity contribution is -0.484. The van der Waals surface area contributed by atoms with Crippen molar-refractivity contribution in [2.45, 2.75) is 26.3 Å². The summed E-state index contributed by atoms with van der Waals surface area (Å²) in [5.74, 6) is 1.23. The van der Waals surface area contributed by atoms with Crippen molar-refractivity contribution in [3.8, 4) is 0 Å². The minimum atomic E-state index is -0.667. The molecule has 1 aliphatic rings. The van der Waals surface area contributed by atoms with Crippen LogP contribution in [0.4, 0.5) is 0 Å². The zero-order valence-electron chi connectivity index (χ0n) is 13.2. The van der Waals surface area contributed by atoms with Crippen LogP contribution in [0.2, 0.25) is 0 Å². The molecule has 7 nitrogen and oxygen atoms in total. The Bertz CT molecular complexity index is 367. The molecule has 1 fully saturated rings. The van der Waals surface area contributed by atoms with Crippen molar-refractivity contribution < 1.29 is 9.77 Å². The summed E-state index contributed by atoms with van der Waals surface area (Å²) in [6.45, 7) is 7.94. The van der Waals surface area contributed by atoms with Crippen molar-refractivity contribution in [1.29, 1.82) is 0 Å². The quantitative estimate of drug-likeness (QED) is 0.331. The van der Waals surface area contributed by atoms with E-state index in [1.165, 1.54) is 11.8 Å². The Kier molecular flexibility index (Phi) is 7.98. The number of hydrogen-bond donors (Lipinski definition) is 1. The van der Waals surface area contributed by atoms with Crippen molar-refractivity contribution in [2.24, 2.45) is 16.9 Å². The number of hydrogen-bond acceptors (Lipinski definition) is 5. The van der Waals surface area contributed by atoms with Crippen LogP contribution in [0.25, 0.3) is 0 Å². The van der Waals surface area contributed by atoms with Gasteiger partial charge in [-0.25, -0.2) is 10.1 Å². The molecule has 0 spiro atoms. The number of nitro groups is 1. The lowest BCUT2D eigenvalue weighted by Crippen LogP contribution is -2.36. The van der Waals surface area contributed by atoms with Gasteiger partial charge in [0.2, 0.25) is 5.17 Å². The Morgan fingerprint density at radius 2 is 2.33 bits per heavy atom. The average molecular weight is 318 g/mol. The Morgan fingerprint density at radius 1 is 1.62 bits per heavy atom. The highest BCUT2D eigenvalue weighted by molar-refractivity contribution is 8.13. The van der Waals surface area contributed by atoms with Gasteiger partial charge in [0.1, 0.15) is 0 Å². The number of hydrazone groups is 1. The molecule has 3 atom stereocenters. The van der Waals surface area contributed by atoms with E-state index in [1.807, 2.05) is 6.92 Å². The Hall–Kier alpha value is -0.860. The molecule has 1 saturated heterocycles. The Morgan fingerprint density at radius 3 is 2.86 bits per heavy atom. The molecule has 0 saturated carbocycles. The van der Waals surface area contributed by atoms with Gasteiger partial charge in [-0.05, 0) is 45.0 Å². The first-order valence-electron chi connectivity index (χ1n) is 7.22. The van der Waals surface area contributed by atoms with Crippen molar-refractivity contribution in [1.82, 2.24) is 10.2 Å². The van der Waals surface area contributed by atoms with Gasteiger partial charge in [-0.1, -0.05) is 18.7 Å². The van der Waals surface area contributed by atoms with E-state index in [2.05, 4.69) is 29.3 Å². The molecule has 8 heteroatoms. The summed E-state index contributed by atoms with van der Waals surface area (Å²) in [5.41, 5.74) is 0. The van der Waals surface area contributed by atoms with E-state index < -0.39 is 5.03 Å². The van der Waals surface area contributed by atoms with Gasteiger partial charge in [0.25, 0.3) is 0 Å². The zero-order chi connectivity index (χ0) is 15.8. The molecule has 21 heavy (non-hydrogen) atoms. The highest BCUT2D eigenvalue weighted by Crippen LogP contribution is 2.20. The summed E-state index contributed by atoms with van der Waals surface area (Å²) < 4.78 is 5.48. The SMILES string of the molecule is CSC(=N[N+](=O)[O-])NC(C)CCN(C)CC1COCC1C. The smallest absolute Gasteiger partial charge is 0.234 e. The van der Waals surface area contributed by atoms with Crippen LogP contribution in [0.1, 0.15) is 20.3 Å². The molecule has 0 aromatic heterocycles.